The van der Waals surface area contributed by atoms with Gasteiger partial charge in [0.05, 0.1) is 23.1 Å². The molecule has 6 nitrogen and oxygen atoms in total. The summed E-state index contributed by atoms with van der Waals surface area (Å²) < 4.78 is 27.5. The van der Waals surface area contributed by atoms with E-state index < -0.39 is 10.0 Å². The summed E-state index contributed by atoms with van der Waals surface area (Å²) in [4.78, 5) is 7.67. The summed E-state index contributed by atoms with van der Waals surface area (Å²) in [6, 6.07) is 4.87. The van der Waals surface area contributed by atoms with Crippen LogP contribution in [0.4, 0.5) is 11.6 Å². The van der Waals surface area contributed by atoms with Crippen LogP contribution in [0.5, 0.6) is 0 Å². The lowest BCUT2D eigenvalue weighted by Gasteiger charge is -2.09. The van der Waals surface area contributed by atoms with Crippen LogP contribution in [0.25, 0.3) is 0 Å². The smallest absolute Gasteiger partial charge is 0.265 e. The molecule has 0 radical (unpaired) electrons. The van der Waals surface area contributed by atoms with Gasteiger partial charge in [-0.05, 0) is 18.2 Å². The molecular weight excluding hydrogens is 368 g/mol. The first kappa shape index (κ1) is 15.0. The Bertz CT molecular complexity index is 722. The van der Waals surface area contributed by atoms with Gasteiger partial charge in [0.25, 0.3) is 10.0 Å². The molecular formula is C11H10BrClN4O2S. The number of hydrogen-bond donors (Lipinski definition) is 2. The summed E-state index contributed by atoms with van der Waals surface area (Å²) in [5.41, 5.74) is 0.277. The fourth-order valence-electron chi connectivity index (χ4n) is 1.36. The molecule has 20 heavy (non-hydrogen) atoms. The number of hydrogen-bond acceptors (Lipinski definition) is 5. The topological polar surface area (TPSA) is 84.0 Å². The van der Waals surface area contributed by atoms with Crippen LogP contribution in [-0.4, -0.2) is 25.4 Å². The van der Waals surface area contributed by atoms with E-state index in [4.69, 9.17) is 11.6 Å². The van der Waals surface area contributed by atoms with E-state index in [1.165, 1.54) is 12.4 Å². The van der Waals surface area contributed by atoms with Gasteiger partial charge in [-0.15, -0.1) is 0 Å². The summed E-state index contributed by atoms with van der Waals surface area (Å²) >= 11 is 9.20. The summed E-state index contributed by atoms with van der Waals surface area (Å²) in [7, 11) is -2.14. The zero-order valence-electron chi connectivity index (χ0n) is 10.3. The summed E-state index contributed by atoms with van der Waals surface area (Å²) in [6.45, 7) is 0. The molecule has 0 amide bonds. The maximum absolute atomic E-state index is 12.2. The first-order valence-electron chi connectivity index (χ1n) is 5.40. The highest BCUT2D eigenvalue weighted by atomic mass is 79.9. The van der Waals surface area contributed by atoms with Crippen molar-refractivity contribution >= 4 is 49.2 Å². The van der Waals surface area contributed by atoms with Crippen LogP contribution in [-0.2, 0) is 10.0 Å². The minimum Gasteiger partial charge on any atom is -0.357 e. The Hall–Kier alpha value is -1.38. The van der Waals surface area contributed by atoms with Gasteiger partial charge < -0.3 is 5.32 Å². The molecule has 0 atom stereocenters. The molecule has 2 rings (SSSR count). The van der Waals surface area contributed by atoms with Crippen molar-refractivity contribution in [1.82, 2.24) is 9.97 Å². The van der Waals surface area contributed by atoms with Crippen LogP contribution in [0.2, 0.25) is 5.02 Å². The Morgan fingerprint density at radius 1 is 1.25 bits per heavy atom. The molecule has 2 aromatic rings. The first-order valence-corrected chi connectivity index (χ1v) is 8.05. The fraction of sp³-hybridized carbons (Fsp3) is 0.0909. The molecule has 0 aliphatic rings. The molecule has 9 heteroatoms. The first-order chi connectivity index (χ1) is 9.42. The second kappa shape index (κ2) is 5.94. The molecule has 106 valence electrons. The number of rotatable bonds is 4. The summed E-state index contributed by atoms with van der Waals surface area (Å²) in [5.74, 6) is 0.337. The average molecular weight is 378 g/mol. The van der Waals surface area contributed by atoms with Crippen molar-refractivity contribution in [2.24, 2.45) is 0 Å². The molecule has 1 aromatic heterocycles. The SMILES string of the molecule is CNc1ncc(S(=O)(=O)Nc2cc(Br)ccc2Cl)cn1. The predicted molar refractivity (Wildman–Crippen MR) is 81.5 cm³/mol. The van der Waals surface area contributed by atoms with Gasteiger partial charge in [-0.1, -0.05) is 27.5 Å². The standard InChI is InChI=1S/C11H10BrClN4O2S/c1-14-11-15-5-8(6-16-11)20(18,19)17-10-4-7(12)2-3-9(10)13/h2-6,17H,1H3,(H,14,15,16). The molecule has 0 bridgehead atoms. The number of halogens is 2. The van der Waals surface area contributed by atoms with Crippen molar-refractivity contribution in [3.8, 4) is 0 Å². The highest BCUT2D eigenvalue weighted by Crippen LogP contribution is 2.27. The third-order valence-corrected chi connectivity index (χ3v) is 4.48. The number of benzene rings is 1. The number of anilines is 2. The summed E-state index contributed by atoms with van der Waals surface area (Å²) in [5, 5.41) is 3.00. The van der Waals surface area contributed by atoms with Crippen LogP contribution in [0, 0.1) is 0 Å². The molecule has 0 saturated heterocycles. The second-order valence-electron chi connectivity index (χ2n) is 3.72. The van der Waals surface area contributed by atoms with E-state index in [0.29, 0.717) is 15.4 Å². The highest BCUT2D eigenvalue weighted by molar-refractivity contribution is 9.10. The van der Waals surface area contributed by atoms with Gasteiger partial charge in [0, 0.05) is 11.5 Å². The lowest BCUT2D eigenvalue weighted by molar-refractivity contribution is 0.600. The lowest BCUT2D eigenvalue weighted by Crippen LogP contribution is -2.14. The van der Waals surface area contributed by atoms with Gasteiger partial charge >= 0.3 is 0 Å². The van der Waals surface area contributed by atoms with E-state index in [0.717, 1.165) is 0 Å². The van der Waals surface area contributed by atoms with Crippen molar-refractivity contribution in [1.29, 1.82) is 0 Å². The van der Waals surface area contributed by atoms with Gasteiger partial charge in [0.1, 0.15) is 4.90 Å². The molecule has 0 aliphatic heterocycles. The molecule has 2 N–H and O–H groups in total. The van der Waals surface area contributed by atoms with Crippen LogP contribution in [0.15, 0.2) is 40.0 Å². The quantitative estimate of drug-likeness (QED) is 0.856. The normalized spacial score (nSPS) is 11.2. The van der Waals surface area contributed by atoms with E-state index in [1.54, 1.807) is 25.2 Å². The Morgan fingerprint density at radius 3 is 2.50 bits per heavy atom. The molecule has 1 aromatic carbocycles. The second-order valence-corrected chi connectivity index (χ2v) is 6.73. The Morgan fingerprint density at radius 2 is 1.90 bits per heavy atom. The highest BCUT2D eigenvalue weighted by Gasteiger charge is 2.17. The third-order valence-electron chi connectivity index (χ3n) is 2.33. The van der Waals surface area contributed by atoms with Crippen LogP contribution in [0.3, 0.4) is 0 Å². The predicted octanol–water partition coefficient (Wildman–Crippen LogP) is 2.74. The average Bonchev–Trinajstić information content (AvgIpc) is 2.43. The third kappa shape index (κ3) is 3.38. The zero-order valence-corrected chi connectivity index (χ0v) is 13.4. The van der Waals surface area contributed by atoms with Crippen LogP contribution in [0.1, 0.15) is 0 Å². The molecule has 0 spiro atoms. The maximum Gasteiger partial charge on any atom is 0.265 e. The largest absolute Gasteiger partial charge is 0.357 e. The van der Waals surface area contributed by atoms with Gasteiger partial charge in [0.15, 0.2) is 0 Å². The molecule has 0 unspecified atom stereocenters. The summed E-state index contributed by atoms with van der Waals surface area (Å²) in [6.07, 6.45) is 2.43. The van der Waals surface area contributed by atoms with Gasteiger partial charge in [-0.3, -0.25) is 4.72 Å². The van der Waals surface area contributed by atoms with Gasteiger partial charge in [0.2, 0.25) is 5.95 Å². The Balaban J connectivity index is 2.32. The molecule has 0 aliphatic carbocycles. The minimum absolute atomic E-state index is 0.0486. The van der Waals surface area contributed by atoms with E-state index in [2.05, 4.69) is 35.9 Å². The van der Waals surface area contributed by atoms with Crippen LogP contribution < -0.4 is 10.0 Å². The van der Waals surface area contributed by atoms with Crippen LogP contribution >= 0.6 is 27.5 Å². The van der Waals surface area contributed by atoms with Crippen molar-refractivity contribution in [2.45, 2.75) is 4.90 Å². The van der Waals surface area contributed by atoms with Crippen molar-refractivity contribution in [3.05, 3.63) is 40.1 Å². The van der Waals surface area contributed by atoms with E-state index in [9.17, 15) is 8.42 Å². The minimum atomic E-state index is -3.79. The van der Waals surface area contributed by atoms with Crippen molar-refractivity contribution in [3.63, 3.8) is 0 Å². The number of nitrogens with zero attached hydrogens (tertiary/aromatic N) is 2. The van der Waals surface area contributed by atoms with Gasteiger partial charge in [-0.25, -0.2) is 18.4 Å². The Kier molecular flexibility index (Phi) is 4.46. The monoisotopic (exact) mass is 376 g/mol. The number of nitrogens with one attached hydrogen (secondary N) is 2. The Labute approximate surface area is 129 Å². The number of sulfonamides is 1. The number of aromatic nitrogens is 2. The molecule has 0 saturated carbocycles. The van der Waals surface area contributed by atoms with Crippen molar-refractivity contribution < 1.29 is 8.42 Å². The lowest BCUT2D eigenvalue weighted by atomic mass is 10.3. The molecule has 1 heterocycles. The maximum atomic E-state index is 12.2. The van der Waals surface area contributed by atoms with E-state index in [-0.39, 0.29) is 10.6 Å². The fourth-order valence-corrected chi connectivity index (χ4v) is 2.90. The molecule has 0 fully saturated rings. The van der Waals surface area contributed by atoms with E-state index >= 15 is 0 Å². The van der Waals surface area contributed by atoms with Crippen molar-refractivity contribution in [2.75, 3.05) is 17.1 Å². The zero-order chi connectivity index (χ0) is 14.8. The van der Waals surface area contributed by atoms with Gasteiger partial charge in [-0.2, -0.15) is 0 Å². The van der Waals surface area contributed by atoms with E-state index in [1.807, 2.05) is 0 Å².